The van der Waals surface area contributed by atoms with E-state index in [4.69, 9.17) is 0 Å². The predicted octanol–water partition coefficient (Wildman–Crippen LogP) is 3.41. The largest absolute Gasteiger partial charge is 0.224 e. The van der Waals surface area contributed by atoms with Crippen molar-refractivity contribution in [2.24, 2.45) is 4.40 Å². The summed E-state index contributed by atoms with van der Waals surface area (Å²) in [5, 5.41) is 0. The predicted molar refractivity (Wildman–Crippen MR) is 59.7 cm³/mol. The first-order valence-corrected chi connectivity index (χ1v) is 4.96. The molecule has 2 heteroatoms. The molecule has 0 aliphatic heterocycles. The van der Waals surface area contributed by atoms with Crippen LogP contribution in [0, 0.1) is 0 Å². The zero-order valence-corrected chi connectivity index (χ0v) is 8.69. The molecule has 0 radical (unpaired) electrons. The molecule has 12 heavy (non-hydrogen) atoms. The van der Waals surface area contributed by atoms with Crippen molar-refractivity contribution in [3.8, 4) is 0 Å². The van der Waals surface area contributed by atoms with Crippen molar-refractivity contribution in [3.63, 3.8) is 0 Å². The van der Waals surface area contributed by atoms with Gasteiger partial charge in [-0.3, -0.25) is 0 Å². The van der Waals surface area contributed by atoms with E-state index in [1.54, 1.807) is 0 Å². The van der Waals surface area contributed by atoms with Gasteiger partial charge in [0.1, 0.15) is 0 Å². The number of hydrogen-bond acceptors (Lipinski definition) is 2. The SMILES string of the molecule is C=C/C(C)=C\C(=CC)/C=N\SC. The molecule has 66 valence electrons. The van der Waals surface area contributed by atoms with Gasteiger partial charge in [-0.25, -0.2) is 4.40 Å². The Balaban J connectivity index is 4.39. The summed E-state index contributed by atoms with van der Waals surface area (Å²) < 4.78 is 4.07. The van der Waals surface area contributed by atoms with Crippen molar-refractivity contribution in [1.29, 1.82) is 0 Å². The van der Waals surface area contributed by atoms with Crippen LogP contribution in [0.1, 0.15) is 13.8 Å². The Morgan fingerprint density at radius 3 is 2.58 bits per heavy atom. The first-order chi connectivity index (χ1) is 5.74. The standard InChI is InChI=1S/C10H15NS/c1-5-9(3)7-10(6-2)8-11-12-4/h5-8H,1H2,2-4H3/b9-7-,10-6?,11-8-. The van der Waals surface area contributed by atoms with Crippen molar-refractivity contribution in [2.75, 3.05) is 6.26 Å². The van der Waals surface area contributed by atoms with E-state index in [1.165, 1.54) is 11.9 Å². The molecule has 0 rings (SSSR count). The molecule has 0 aliphatic rings. The Hall–Kier alpha value is -0.760. The molecule has 0 fully saturated rings. The van der Waals surface area contributed by atoms with Crippen molar-refractivity contribution in [2.45, 2.75) is 13.8 Å². The van der Waals surface area contributed by atoms with E-state index < -0.39 is 0 Å². The lowest BCUT2D eigenvalue weighted by Crippen LogP contribution is -1.79. The van der Waals surface area contributed by atoms with Crippen LogP contribution in [0.5, 0.6) is 0 Å². The summed E-state index contributed by atoms with van der Waals surface area (Å²) in [4.78, 5) is 0. The van der Waals surface area contributed by atoms with E-state index in [2.05, 4.69) is 11.0 Å². The molecule has 0 amide bonds. The molecule has 0 N–H and O–H groups in total. The second-order valence-corrected chi connectivity index (χ2v) is 2.87. The zero-order valence-electron chi connectivity index (χ0n) is 7.87. The smallest absolute Gasteiger partial charge is 0.0420 e. The van der Waals surface area contributed by atoms with Gasteiger partial charge in [-0.05, 0) is 31.4 Å². The first kappa shape index (κ1) is 11.2. The molecule has 0 aromatic rings. The summed E-state index contributed by atoms with van der Waals surface area (Å²) in [7, 11) is 0. The minimum atomic E-state index is 1.11. The molecule has 0 aromatic heterocycles. The minimum Gasteiger partial charge on any atom is -0.224 e. The maximum absolute atomic E-state index is 4.07. The van der Waals surface area contributed by atoms with Crippen LogP contribution in [0.2, 0.25) is 0 Å². The van der Waals surface area contributed by atoms with E-state index in [0.29, 0.717) is 0 Å². The molecule has 0 aromatic carbocycles. The third kappa shape index (κ3) is 4.97. The Morgan fingerprint density at radius 2 is 2.17 bits per heavy atom. The van der Waals surface area contributed by atoms with Crippen LogP contribution in [-0.4, -0.2) is 12.5 Å². The molecule has 1 nitrogen and oxygen atoms in total. The maximum Gasteiger partial charge on any atom is 0.0420 e. The highest BCUT2D eigenvalue weighted by molar-refractivity contribution is 7.97. The monoisotopic (exact) mass is 181 g/mol. The molecule has 0 saturated heterocycles. The van der Waals surface area contributed by atoms with Crippen LogP contribution in [0.3, 0.4) is 0 Å². The van der Waals surface area contributed by atoms with Gasteiger partial charge in [0.05, 0.1) is 0 Å². The van der Waals surface area contributed by atoms with Crippen LogP contribution in [0.15, 0.2) is 40.4 Å². The summed E-state index contributed by atoms with van der Waals surface area (Å²) >= 11 is 1.45. The average Bonchev–Trinajstić information content (AvgIpc) is 2.11. The Bertz CT molecular complexity index is 224. The van der Waals surface area contributed by atoms with Crippen LogP contribution >= 0.6 is 11.9 Å². The van der Waals surface area contributed by atoms with Crippen LogP contribution < -0.4 is 0 Å². The lowest BCUT2D eigenvalue weighted by Gasteiger charge is -1.93. The fourth-order valence-electron chi connectivity index (χ4n) is 0.631. The van der Waals surface area contributed by atoms with E-state index in [9.17, 15) is 0 Å². The van der Waals surface area contributed by atoms with Gasteiger partial charge in [-0.2, -0.15) is 0 Å². The molecule has 0 spiro atoms. The second kappa shape index (κ2) is 6.92. The van der Waals surface area contributed by atoms with Crippen molar-refractivity contribution < 1.29 is 0 Å². The lowest BCUT2D eigenvalue weighted by molar-refractivity contribution is 1.51. The molecule has 0 unspecified atom stereocenters. The number of hydrogen-bond donors (Lipinski definition) is 0. The number of rotatable bonds is 4. The second-order valence-electron chi connectivity index (χ2n) is 2.30. The summed E-state index contributed by atoms with van der Waals surface area (Å²) in [5.41, 5.74) is 2.26. The highest BCUT2D eigenvalue weighted by Crippen LogP contribution is 2.02. The normalized spacial score (nSPS) is 13.9. The fraction of sp³-hybridized carbons (Fsp3) is 0.300. The molecule has 0 atom stereocenters. The highest BCUT2D eigenvalue weighted by atomic mass is 32.2. The quantitative estimate of drug-likeness (QED) is 0.368. The Morgan fingerprint density at radius 1 is 1.50 bits per heavy atom. The molecular formula is C10H15NS. The van der Waals surface area contributed by atoms with Crippen LogP contribution in [-0.2, 0) is 0 Å². The third-order valence-corrected chi connectivity index (χ3v) is 1.67. The Labute approximate surface area is 79.1 Å². The van der Waals surface area contributed by atoms with Gasteiger partial charge in [0.15, 0.2) is 0 Å². The van der Waals surface area contributed by atoms with Gasteiger partial charge in [-0.15, -0.1) is 0 Å². The molecule has 0 aliphatic carbocycles. The number of allylic oxidation sites excluding steroid dienone is 5. The van der Waals surface area contributed by atoms with E-state index >= 15 is 0 Å². The average molecular weight is 181 g/mol. The van der Waals surface area contributed by atoms with E-state index in [0.717, 1.165) is 11.1 Å². The lowest BCUT2D eigenvalue weighted by atomic mass is 10.2. The van der Waals surface area contributed by atoms with Gasteiger partial charge in [0, 0.05) is 12.5 Å². The van der Waals surface area contributed by atoms with Crippen molar-refractivity contribution in [1.82, 2.24) is 0 Å². The minimum absolute atomic E-state index is 1.11. The highest BCUT2D eigenvalue weighted by Gasteiger charge is 1.85. The van der Waals surface area contributed by atoms with Gasteiger partial charge in [0.25, 0.3) is 0 Å². The van der Waals surface area contributed by atoms with Gasteiger partial charge in [-0.1, -0.05) is 30.4 Å². The first-order valence-electron chi connectivity index (χ1n) is 3.78. The summed E-state index contributed by atoms with van der Waals surface area (Å²) in [5.74, 6) is 0. The van der Waals surface area contributed by atoms with Gasteiger partial charge >= 0.3 is 0 Å². The molecule has 0 heterocycles. The summed E-state index contributed by atoms with van der Waals surface area (Å²) in [6.45, 7) is 7.69. The van der Waals surface area contributed by atoms with Crippen LogP contribution in [0.25, 0.3) is 0 Å². The van der Waals surface area contributed by atoms with Crippen molar-refractivity contribution in [3.05, 3.63) is 36.0 Å². The van der Waals surface area contributed by atoms with Crippen molar-refractivity contribution >= 4 is 18.2 Å². The van der Waals surface area contributed by atoms with Crippen LogP contribution in [0.4, 0.5) is 0 Å². The van der Waals surface area contributed by atoms with E-state index in [1.807, 2.05) is 44.5 Å². The topological polar surface area (TPSA) is 12.4 Å². The Kier molecular flexibility index (Phi) is 6.48. The third-order valence-electron chi connectivity index (χ3n) is 1.36. The molecule has 0 saturated carbocycles. The van der Waals surface area contributed by atoms with E-state index in [-0.39, 0.29) is 0 Å². The maximum atomic E-state index is 4.07. The summed E-state index contributed by atoms with van der Waals surface area (Å²) in [6, 6.07) is 0. The molecular weight excluding hydrogens is 166 g/mol. The molecule has 0 bridgehead atoms. The zero-order chi connectivity index (χ0) is 9.40. The number of nitrogens with zero attached hydrogens (tertiary/aromatic N) is 1. The fourth-order valence-corrected chi connectivity index (χ4v) is 0.858. The summed E-state index contributed by atoms with van der Waals surface area (Å²) in [6.07, 6.45) is 9.68. The van der Waals surface area contributed by atoms with Gasteiger partial charge in [0.2, 0.25) is 0 Å². The van der Waals surface area contributed by atoms with Gasteiger partial charge < -0.3 is 0 Å².